The summed E-state index contributed by atoms with van der Waals surface area (Å²) in [4.78, 5) is 0. The quantitative estimate of drug-likeness (QED) is 0.165. The summed E-state index contributed by atoms with van der Waals surface area (Å²) in [6.45, 7) is 0. The van der Waals surface area contributed by atoms with E-state index in [9.17, 15) is 0 Å². The van der Waals surface area contributed by atoms with Gasteiger partial charge in [0.2, 0.25) is 0 Å². The van der Waals surface area contributed by atoms with E-state index in [0.29, 0.717) is 0 Å². The van der Waals surface area contributed by atoms with Crippen LogP contribution in [0.5, 0.6) is 0 Å². The smallest absolute Gasteiger partial charge is 0.0713 e. The monoisotopic (exact) mass is 774 g/mol. The van der Waals surface area contributed by atoms with Crippen molar-refractivity contribution in [1.82, 2.24) is 9.13 Å². The van der Waals surface area contributed by atoms with E-state index >= 15 is 0 Å². The van der Waals surface area contributed by atoms with Gasteiger partial charge >= 0.3 is 0 Å². The minimum absolute atomic E-state index is 0.481. The molecule has 0 aliphatic heterocycles. The molecule has 0 radical (unpaired) electrons. The highest BCUT2D eigenvalue weighted by Crippen LogP contribution is 2.59. The summed E-state index contributed by atoms with van der Waals surface area (Å²) < 4.78 is 4.91. The van der Waals surface area contributed by atoms with Crippen LogP contribution in [0, 0.1) is 0 Å². The fraction of sp³-hybridized carbons (Fsp3) is 0.0169. The van der Waals surface area contributed by atoms with Crippen LogP contribution in [0.4, 0.5) is 0 Å². The molecule has 0 spiro atoms. The van der Waals surface area contributed by atoms with Crippen LogP contribution in [0.15, 0.2) is 231 Å². The Labute approximate surface area is 353 Å². The van der Waals surface area contributed by atoms with Crippen LogP contribution in [0.3, 0.4) is 0 Å². The van der Waals surface area contributed by atoms with Gasteiger partial charge in [-0.1, -0.05) is 176 Å². The second-order valence-corrected chi connectivity index (χ2v) is 16.4. The Hall–Kier alpha value is -7.94. The molecule has 0 saturated heterocycles. The largest absolute Gasteiger partial charge is 0.309 e. The van der Waals surface area contributed by atoms with Crippen LogP contribution in [0.25, 0.3) is 88.0 Å². The van der Waals surface area contributed by atoms with Gasteiger partial charge in [-0.15, -0.1) is 0 Å². The molecule has 0 N–H and O–H groups in total. The first-order valence-electron chi connectivity index (χ1n) is 21.2. The Balaban J connectivity index is 1.10. The maximum atomic E-state index is 2.46. The average Bonchev–Trinajstić information content (AvgIpc) is 3.96. The van der Waals surface area contributed by atoms with E-state index in [1.807, 2.05) is 0 Å². The van der Waals surface area contributed by atoms with Crippen molar-refractivity contribution in [3.8, 4) is 33.6 Å². The molecule has 1 aliphatic carbocycles. The summed E-state index contributed by atoms with van der Waals surface area (Å²) in [7, 11) is 0. The third-order valence-corrected chi connectivity index (χ3v) is 13.4. The van der Waals surface area contributed by atoms with E-state index in [1.165, 1.54) is 105 Å². The molecule has 0 bridgehead atoms. The van der Waals surface area contributed by atoms with E-state index in [4.69, 9.17) is 0 Å². The Bertz CT molecular complexity index is 3640. The van der Waals surface area contributed by atoms with Crippen LogP contribution in [0.2, 0.25) is 0 Å². The fourth-order valence-corrected chi connectivity index (χ4v) is 10.9. The molecule has 0 fully saturated rings. The summed E-state index contributed by atoms with van der Waals surface area (Å²) >= 11 is 0. The highest BCUT2D eigenvalue weighted by molar-refractivity contribution is 6.19. The van der Waals surface area contributed by atoms with Crippen molar-refractivity contribution in [1.29, 1.82) is 0 Å². The number of rotatable bonds is 5. The maximum Gasteiger partial charge on any atom is 0.0713 e. The molecule has 0 unspecified atom stereocenters. The fourth-order valence-electron chi connectivity index (χ4n) is 10.9. The molecule has 0 amide bonds. The number of benzene rings is 10. The van der Waals surface area contributed by atoms with Gasteiger partial charge in [0.05, 0.1) is 33.2 Å². The van der Waals surface area contributed by atoms with Crippen molar-refractivity contribution in [2.75, 3.05) is 0 Å². The molecule has 12 aromatic rings. The van der Waals surface area contributed by atoms with E-state index in [0.717, 1.165) is 5.69 Å². The molecule has 13 rings (SSSR count). The SMILES string of the molecule is c1ccc(-n2c3ccc(-c4ccc5c(c4)c4ccccc4n5-c4cccc5ccccc45)cc3c3c4c(ccc32)C(c2ccccc2)(c2ccccc2)c2ccccc2-4)cc1. The van der Waals surface area contributed by atoms with Crippen molar-refractivity contribution < 1.29 is 0 Å². The zero-order valence-electron chi connectivity index (χ0n) is 33.3. The van der Waals surface area contributed by atoms with E-state index in [-0.39, 0.29) is 0 Å². The van der Waals surface area contributed by atoms with Gasteiger partial charge in [0.1, 0.15) is 0 Å². The lowest BCUT2D eigenvalue weighted by atomic mass is 9.67. The Morgan fingerprint density at radius 2 is 0.885 bits per heavy atom. The normalized spacial score (nSPS) is 13.0. The predicted octanol–water partition coefficient (Wildman–Crippen LogP) is 15.1. The number of hydrogen-bond donors (Lipinski definition) is 0. The number of para-hydroxylation sites is 2. The van der Waals surface area contributed by atoms with E-state index in [2.05, 4.69) is 240 Å². The standard InChI is InChI=1S/C59H38N2/c1-4-19-42(20-5-1)59(43-21-6-2-7-22-43)50-28-14-12-27-47(50)57-51(59)33-36-56-58(57)49-38-41(32-35-55(49)60(56)44-23-8-3-9-24-44)40-31-34-54-48(37-40)46-26-13-15-29-53(46)61(54)52-30-16-18-39-17-10-11-25-45(39)52/h1-38H. The van der Waals surface area contributed by atoms with Crippen LogP contribution in [-0.2, 0) is 5.41 Å². The molecule has 2 nitrogen and oxygen atoms in total. The zero-order valence-corrected chi connectivity index (χ0v) is 33.3. The third kappa shape index (κ3) is 4.73. The summed E-state index contributed by atoms with van der Waals surface area (Å²) in [6.07, 6.45) is 0. The second-order valence-electron chi connectivity index (χ2n) is 16.4. The lowest BCUT2D eigenvalue weighted by molar-refractivity contribution is 0.769. The Kier molecular flexibility index (Phi) is 7.26. The number of nitrogens with zero attached hydrogens (tertiary/aromatic N) is 2. The van der Waals surface area contributed by atoms with Crippen LogP contribution in [-0.4, -0.2) is 9.13 Å². The molecule has 0 saturated carbocycles. The van der Waals surface area contributed by atoms with Gasteiger partial charge in [0.15, 0.2) is 0 Å². The first kappa shape index (κ1) is 34.0. The minimum atomic E-state index is -0.481. The summed E-state index contributed by atoms with van der Waals surface area (Å²) in [6, 6.07) is 85.3. The highest BCUT2D eigenvalue weighted by Gasteiger charge is 2.47. The van der Waals surface area contributed by atoms with Gasteiger partial charge < -0.3 is 9.13 Å². The lowest BCUT2D eigenvalue weighted by Crippen LogP contribution is -2.28. The molecule has 1 aliphatic rings. The second kappa shape index (κ2) is 13.0. The molecule has 61 heavy (non-hydrogen) atoms. The predicted molar refractivity (Wildman–Crippen MR) is 255 cm³/mol. The van der Waals surface area contributed by atoms with Crippen LogP contribution in [0.1, 0.15) is 22.3 Å². The van der Waals surface area contributed by atoms with Gasteiger partial charge in [-0.05, 0) is 104 Å². The van der Waals surface area contributed by atoms with E-state index in [1.54, 1.807) is 0 Å². The Morgan fingerprint density at radius 3 is 1.64 bits per heavy atom. The zero-order chi connectivity index (χ0) is 40.1. The van der Waals surface area contributed by atoms with Crippen LogP contribution < -0.4 is 0 Å². The van der Waals surface area contributed by atoms with Crippen molar-refractivity contribution in [2.45, 2.75) is 5.41 Å². The van der Waals surface area contributed by atoms with Gasteiger partial charge in [-0.25, -0.2) is 0 Å². The first-order chi connectivity index (χ1) is 30.3. The van der Waals surface area contributed by atoms with Crippen molar-refractivity contribution >= 4 is 54.4 Å². The van der Waals surface area contributed by atoms with Crippen LogP contribution >= 0.6 is 0 Å². The Morgan fingerprint density at radius 1 is 0.328 bits per heavy atom. The van der Waals surface area contributed by atoms with Crippen molar-refractivity contribution in [2.24, 2.45) is 0 Å². The highest BCUT2D eigenvalue weighted by atomic mass is 15.0. The molecule has 0 atom stereocenters. The average molecular weight is 775 g/mol. The topological polar surface area (TPSA) is 9.86 Å². The first-order valence-corrected chi connectivity index (χ1v) is 21.2. The summed E-state index contributed by atoms with van der Waals surface area (Å²) in [5.74, 6) is 0. The van der Waals surface area contributed by atoms with Gasteiger partial charge in [0, 0.05) is 32.6 Å². The molecule has 2 heterocycles. The van der Waals surface area contributed by atoms with Gasteiger partial charge in [-0.3, -0.25) is 0 Å². The van der Waals surface area contributed by atoms with E-state index < -0.39 is 5.41 Å². The van der Waals surface area contributed by atoms with Crippen molar-refractivity contribution in [3.05, 3.63) is 253 Å². The third-order valence-electron chi connectivity index (χ3n) is 13.4. The van der Waals surface area contributed by atoms with Gasteiger partial charge in [-0.2, -0.15) is 0 Å². The summed E-state index contributed by atoms with van der Waals surface area (Å²) in [5, 5.41) is 7.52. The lowest BCUT2D eigenvalue weighted by Gasteiger charge is -2.33. The molecule has 2 heteroatoms. The number of fused-ring (bicyclic) bond motifs is 11. The maximum absolute atomic E-state index is 2.46. The molecule has 284 valence electrons. The number of aromatic nitrogens is 2. The van der Waals surface area contributed by atoms with Crippen molar-refractivity contribution in [3.63, 3.8) is 0 Å². The molecular weight excluding hydrogens is 737 g/mol. The molecule has 2 aromatic heterocycles. The molecular formula is C59H38N2. The molecule has 10 aromatic carbocycles. The summed E-state index contributed by atoms with van der Waals surface area (Å²) in [5.41, 5.74) is 16.9. The number of hydrogen-bond acceptors (Lipinski definition) is 0. The van der Waals surface area contributed by atoms with Gasteiger partial charge in [0.25, 0.3) is 0 Å². The minimum Gasteiger partial charge on any atom is -0.309 e.